The van der Waals surface area contributed by atoms with Gasteiger partial charge in [-0.3, -0.25) is 9.78 Å². The highest BCUT2D eigenvalue weighted by molar-refractivity contribution is 5.81. The summed E-state index contributed by atoms with van der Waals surface area (Å²) in [5.41, 5.74) is 1.94. The third-order valence-corrected chi connectivity index (χ3v) is 3.16. The van der Waals surface area contributed by atoms with Crippen molar-refractivity contribution < 1.29 is 9.90 Å². The molecule has 2 rings (SSSR count). The van der Waals surface area contributed by atoms with Crippen LogP contribution in [0, 0.1) is 5.92 Å². The molecule has 0 saturated heterocycles. The number of aromatic nitrogens is 1. The number of carbonyl (C=O) groups is 1. The topological polar surface area (TPSA) is 62.2 Å². The van der Waals surface area contributed by atoms with E-state index in [1.165, 1.54) is 0 Å². The lowest BCUT2D eigenvalue weighted by Gasteiger charge is -2.18. The van der Waals surface area contributed by atoms with Crippen LogP contribution in [0.3, 0.4) is 0 Å². The highest BCUT2D eigenvalue weighted by Crippen LogP contribution is 2.16. The van der Waals surface area contributed by atoms with Crippen molar-refractivity contribution in [3.8, 4) is 0 Å². The second kappa shape index (κ2) is 5.80. The Balaban J connectivity index is 2.20. The van der Waals surface area contributed by atoms with Gasteiger partial charge in [0.15, 0.2) is 0 Å². The molecular weight excluding hydrogens is 240 g/mol. The maximum absolute atomic E-state index is 11.1. The molecule has 0 aliphatic rings. The minimum Gasteiger partial charge on any atom is -0.480 e. The van der Waals surface area contributed by atoms with Crippen molar-refractivity contribution in [3.63, 3.8) is 0 Å². The van der Waals surface area contributed by atoms with Crippen molar-refractivity contribution in [2.75, 3.05) is 0 Å². The molecule has 4 nitrogen and oxygen atoms in total. The number of para-hydroxylation sites is 1. The minimum absolute atomic E-state index is 0.0421. The van der Waals surface area contributed by atoms with Crippen LogP contribution < -0.4 is 5.32 Å². The maximum Gasteiger partial charge on any atom is 0.320 e. The third kappa shape index (κ3) is 3.09. The maximum atomic E-state index is 11.1. The van der Waals surface area contributed by atoms with E-state index in [2.05, 4.69) is 10.3 Å². The Labute approximate surface area is 112 Å². The zero-order valence-corrected chi connectivity index (χ0v) is 11.1. The predicted octanol–water partition coefficient (Wildman–Crippen LogP) is 2.43. The summed E-state index contributed by atoms with van der Waals surface area (Å²) in [5, 5.41) is 13.3. The van der Waals surface area contributed by atoms with Gasteiger partial charge in [-0.15, -0.1) is 0 Å². The van der Waals surface area contributed by atoms with Crippen molar-refractivity contribution in [2.45, 2.75) is 26.4 Å². The van der Waals surface area contributed by atoms with E-state index in [9.17, 15) is 4.79 Å². The molecule has 1 aromatic carbocycles. The Bertz CT molecular complexity index is 576. The molecule has 1 heterocycles. The number of benzene rings is 1. The summed E-state index contributed by atoms with van der Waals surface area (Å²) in [7, 11) is 0. The SMILES string of the molecule is CC(C)C(NCc1cccc2cccnc12)C(=O)O. The molecule has 1 unspecified atom stereocenters. The monoisotopic (exact) mass is 258 g/mol. The first kappa shape index (κ1) is 13.5. The van der Waals surface area contributed by atoms with E-state index in [0.717, 1.165) is 16.5 Å². The van der Waals surface area contributed by atoms with Gasteiger partial charge in [0.1, 0.15) is 6.04 Å². The van der Waals surface area contributed by atoms with E-state index in [1.807, 2.05) is 44.2 Å². The number of hydrogen-bond acceptors (Lipinski definition) is 3. The lowest BCUT2D eigenvalue weighted by molar-refractivity contribution is -0.140. The molecule has 0 aliphatic carbocycles. The smallest absolute Gasteiger partial charge is 0.320 e. The molecule has 0 bridgehead atoms. The average molecular weight is 258 g/mol. The normalized spacial score (nSPS) is 12.8. The van der Waals surface area contributed by atoms with Crippen LogP contribution in [-0.4, -0.2) is 22.1 Å². The van der Waals surface area contributed by atoms with Gasteiger partial charge in [0, 0.05) is 18.1 Å². The summed E-state index contributed by atoms with van der Waals surface area (Å²) < 4.78 is 0. The number of rotatable bonds is 5. The number of fused-ring (bicyclic) bond motifs is 1. The summed E-state index contributed by atoms with van der Waals surface area (Å²) >= 11 is 0. The molecular formula is C15H18N2O2. The third-order valence-electron chi connectivity index (χ3n) is 3.16. The molecule has 0 fully saturated rings. The van der Waals surface area contributed by atoms with Gasteiger partial charge in [0.2, 0.25) is 0 Å². The second-order valence-corrected chi connectivity index (χ2v) is 4.93. The van der Waals surface area contributed by atoms with Crippen molar-refractivity contribution in [1.29, 1.82) is 0 Å². The van der Waals surface area contributed by atoms with E-state index in [0.29, 0.717) is 6.54 Å². The molecule has 1 atom stereocenters. The highest BCUT2D eigenvalue weighted by Gasteiger charge is 2.20. The standard InChI is InChI=1S/C15H18N2O2/c1-10(2)13(15(18)19)17-9-12-6-3-5-11-7-4-8-16-14(11)12/h3-8,10,13,17H,9H2,1-2H3,(H,18,19). The van der Waals surface area contributed by atoms with Crippen molar-refractivity contribution in [3.05, 3.63) is 42.1 Å². The van der Waals surface area contributed by atoms with Gasteiger partial charge in [-0.1, -0.05) is 38.1 Å². The van der Waals surface area contributed by atoms with Crippen LogP contribution in [0.2, 0.25) is 0 Å². The first-order valence-corrected chi connectivity index (χ1v) is 6.38. The second-order valence-electron chi connectivity index (χ2n) is 4.93. The Morgan fingerprint density at radius 1 is 1.32 bits per heavy atom. The van der Waals surface area contributed by atoms with Crippen LogP contribution >= 0.6 is 0 Å². The summed E-state index contributed by atoms with van der Waals surface area (Å²) in [6, 6.07) is 9.30. The molecule has 4 heteroatoms. The van der Waals surface area contributed by atoms with E-state index in [1.54, 1.807) is 6.20 Å². The van der Waals surface area contributed by atoms with E-state index in [4.69, 9.17) is 5.11 Å². The van der Waals surface area contributed by atoms with Gasteiger partial charge >= 0.3 is 5.97 Å². The number of carboxylic acids is 1. The Morgan fingerprint density at radius 3 is 2.74 bits per heavy atom. The van der Waals surface area contributed by atoms with Crippen LogP contribution in [0.25, 0.3) is 10.9 Å². The molecule has 0 saturated carbocycles. The van der Waals surface area contributed by atoms with E-state index >= 15 is 0 Å². The zero-order valence-electron chi connectivity index (χ0n) is 11.1. The van der Waals surface area contributed by atoms with Crippen LogP contribution in [-0.2, 0) is 11.3 Å². The van der Waals surface area contributed by atoms with E-state index < -0.39 is 12.0 Å². The van der Waals surface area contributed by atoms with Crippen LogP contribution in [0.15, 0.2) is 36.5 Å². The van der Waals surface area contributed by atoms with Crippen LogP contribution in [0.1, 0.15) is 19.4 Å². The predicted molar refractivity (Wildman–Crippen MR) is 74.8 cm³/mol. The molecule has 2 N–H and O–H groups in total. The minimum atomic E-state index is -0.816. The Morgan fingerprint density at radius 2 is 2.05 bits per heavy atom. The van der Waals surface area contributed by atoms with Gasteiger partial charge in [-0.2, -0.15) is 0 Å². The highest BCUT2D eigenvalue weighted by atomic mass is 16.4. The van der Waals surface area contributed by atoms with Crippen molar-refractivity contribution in [2.24, 2.45) is 5.92 Å². The molecule has 1 aromatic heterocycles. The van der Waals surface area contributed by atoms with Crippen LogP contribution in [0.5, 0.6) is 0 Å². The van der Waals surface area contributed by atoms with Crippen LogP contribution in [0.4, 0.5) is 0 Å². The molecule has 0 aliphatic heterocycles. The molecule has 0 spiro atoms. The molecule has 2 aromatic rings. The Hall–Kier alpha value is -1.94. The van der Waals surface area contributed by atoms with Crippen molar-refractivity contribution in [1.82, 2.24) is 10.3 Å². The van der Waals surface area contributed by atoms with E-state index in [-0.39, 0.29) is 5.92 Å². The molecule has 100 valence electrons. The van der Waals surface area contributed by atoms with Gasteiger partial charge in [-0.05, 0) is 17.5 Å². The number of pyridine rings is 1. The lowest BCUT2D eigenvalue weighted by atomic mass is 10.0. The molecule has 0 radical (unpaired) electrons. The average Bonchev–Trinajstić information content (AvgIpc) is 2.38. The first-order chi connectivity index (χ1) is 9.09. The first-order valence-electron chi connectivity index (χ1n) is 6.38. The number of nitrogens with one attached hydrogen (secondary N) is 1. The largest absolute Gasteiger partial charge is 0.480 e. The van der Waals surface area contributed by atoms with Crippen molar-refractivity contribution >= 4 is 16.9 Å². The molecule has 0 amide bonds. The number of nitrogens with zero attached hydrogens (tertiary/aromatic N) is 1. The molecule has 19 heavy (non-hydrogen) atoms. The summed E-state index contributed by atoms with van der Waals surface area (Å²) in [6.45, 7) is 4.30. The van der Waals surface area contributed by atoms with Gasteiger partial charge < -0.3 is 10.4 Å². The summed E-state index contributed by atoms with van der Waals surface area (Å²) in [6.07, 6.45) is 1.75. The zero-order chi connectivity index (χ0) is 13.8. The summed E-state index contributed by atoms with van der Waals surface area (Å²) in [4.78, 5) is 15.5. The summed E-state index contributed by atoms with van der Waals surface area (Å²) in [5.74, 6) is -0.774. The van der Waals surface area contributed by atoms with Gasteiger partial charge in [-0.25, -0.2) is 0 Å². The quantitative estimate of drug-likeness (QED) is 0.864. The number of hydrogen-bond donors (Lipinski definition) is 2. The fourth-order valence-corrected chi connectivity index (χ4v) is 2.14. The number of carboxylic acid groups (broad SMARTS) is 1. The van der Waals surface area contributed by atoms with Gasteiger partial charge in [0.05, 0.1) is 5.52 Å². The fraction of sp³-hybridized carbons (Fsp3) is 0.333. The Kier molecular flexibility index (Phi) is 4.12. The van der Waals surface area contributed by atoms with Gasteiger partial charge in [0.25, 0.3) is 0 Å². The number of aliphatic carboxylic acids is 1. The lowest BCUT2D eigenvalue weighted by Crippen LogP contribution is -2.40. The fourth-order valence-electron chi connectivity index (χ4n) is 2.14.